The standard InChI is InChI=1S/C8H18O2Te/c1-3-4-7-11-10-6-5-8(2)9/h8-9H,3-7H2,1-2H3/t8-/m0/s1. The molecule has 0 amide bonds. The zero-order chi connectivity index (χ0) is 8.53. The Bertz CT molecular complexity index is 76.5. The number of hydrogen-bond donors (Lipinski definition) is 1. The molecule has 0 aliphatic carbocycles. The van der Waals surface area contributed by atoms with Crippen LogP contribution in [0.2, 0.25) is 4.47 Å². The van der Waals surface area contributed by atoms with Gasteiger partial charge in [0.05, 0.1) is 0 Å². The quantitative estimate of drug-likeness (QED) is 0.564. The van der Waals surface area contributed by atoms with Gasteiger partial charge in [0.25, 0.3) is 0 Å². The van der Waals surface area contributed by atoms with Gasteiger partial charge in [0.15, 0.2) is 0 Å². The molecule has 0 aromatic heterocycles. The Labute approximate surface area is 79.9 Å². The number of hydrogen-bond acceptors (Lipinski definition) is 2. The summed E-state index contributed by atoms with van der Waals surface area (Å²) in [5.41, 5.74) is 0. The Balaban J connectivity index is 2.80. The molecule has 0 bridgehead atoms. The molecule has 0 saturated heterocycles. The summed E-state index contributed by atoms with van der Waals surface area (Å²) in [6.07, 6.45) is 3.16. The number of aliphatic hydroxyl groups is 1. The molecule has 1 N–H and O–H groups in total. The first-order valence-corrected chi connectivity index (χ1v) is 6.79. The molecule has 68 valence electrons. The molecule has 0 aliphatic heterocycles. The fourth-order valence-corrected chi connectivity index (χ4v) is 2.65. The predicted molar refractivity (Wildman–Crippen MR) is 47.7 cm³/mol. The molecule has 1 atom stereocenters. The molecule has 0 unspecified atom stereocenters. The van der Waals surface area contributed by atoms with Crippen molar-refractivity contribution in [3.63, 3.8) is 0 Å². The van der Waals surface area contributed by atoms with Crippen LogP contribution in [0.1, 0.15) is 33.1 Å². The molecule has 0 spiro atoms. The van der Waals surface area contributed by atoms with E-state index in [2.05, 4.69) is 6.92 Å². The molecular weight excluding hydrogens is 256 g/mol. The summed E-state index contributed by atoms with van der Waals surface area (Å²) in [4.78, 5) is 0. The van der Waals surface area contributed by atoms with Crippen LogP contribution in [0.5, 0.6) is 0 Å². The summed E-state index contributed by atoms with van der Waals surface area (Å²) in [6.45, 7) is 4.75. The Morgan fingerprint density at radius 3 is 2.82 bits per heavy atom. The summed E-state index contributed by atoms with van der Waals surface area (Å²) in [6, 6.07) is 0. The molecule has 0 rings (SSSR count). The third kappa shape index (κ3) is 10.7. The Morgan fingerprint density at radius 1 is 1.55 bits per heavy atom. The van der Waals surface area contributed by atoms with Gasteiger partial charge in [-0.1, -0.05) is 0 Å². The molecule has 0 aliphatic rings. The minimum atomic E-state index is -0.200. The van der Waals surface area contributed by atoms with E-state index in [0.717, 1.165) is 13.0 Å². The van der Waals surface area contributed by atoms with Gasteiger partial charge < -0.3 is 0 Å². The zero-order valence-electron chi connectivity index (χ0n) is 7.38. The Kier molecular flexibility index (Phi) is 9.37. The normalized spacial score (nSPS) is 13.4. The van der Waals surface area contributed by atoms with Crippen molar-refractivity contribution < 1.29 is 8.21 Å². The summed E-state index contributed by atoms with van der Waals surface area (Å²) in [5.74, 6) is 0. The topological polar surface area (TPSA) is 29.5 Å². The van der Waals surface area contributed by atoms with Crippen molar-refractivity contribution >= 4 is 21.3 Å². The first-order valence-electron chi connectivity index (χ1n) is 4.19. The first-order chi connectivity index (χ1) is 5.27. The van der Waals surface area contributed by atoms with E-state index in [1.165, 1.54) is 17.3 Å². The number of unbranched alkanes of at least 4 members (excludes halogenated alkanes) is 1. The summed E-state index contributed by atoms with van der Waals surface area (Å²) < 4.78 is 6.70. The van der Waals surface area contributed by atoms with E-state index < -0.39 is 0 Å². The van der Waals surface area contributed by atoms with Crippen molar-refractivity contribution in [2.45, 2.75) is 43.7 Å². The van der Waals surface area contributed by atoms with E-state index in [1.807, 2.05) is 0 Å². The van der Waals surface area contributed by atoms with Crippen LogP contribution >= 0.6 is 0 Å². The Morgan fingerprint density at radius 2 is 2.27 bits per heavy atom. The predicted octanol–water partition coefficient (Wildman–Crippen LogP) is 1.61. The van der Waals surface area contributed by atoms with Crippen molar-refractivity contribution in [2.24, 2.45) is 0 Å². The summed E-state index contributed by atoms with van der Waals surface area (Å²) >= 11 is -0.183. The molecular formula is C8H18O2Te. The first kappa shape index (κ1) is 11.7. The molecule has 0 aromatic carbocycles. The molecule has 0 radical (unpaired) electrons. The summed E-state index contributed by atoms with van der Waals surface area (Å²) in [5, 5.41) is 8.89. The number of aliphatic hydroxyl groups excluding tert-OH is 1. The third-order valence-electron chi connectivity index (χ3n) is 1.28. The van der Waals surface area contributed by atoms with Crippen LogP contribution < -0.4 is 0 Å². The monoisotopic (exact) mass is 276 g/mol. The number of rotatable bonds is 7. The average Bonchev–Trinajstić information content (AvgIpc) is 1.96. The van der Waals surface area contributed by atoms with Crippen molar-refractivity contribution in [2.75, 3.05) is 6.61 Å². The average molecular weight is 274 g/mol. The molecule has 3 heteroatoms. The van der Waals surface area contributed by atoms with Crippen molar-refractivity contribution in [3.8, 4) is 0 Å². The van der Waals surface area contributed by atoms with Gasteiger partial charge in [-0.2, -0.15) is 0 Å². The molecule has 0 saturated carbocycles. The van der Waals surface area contributed by atoms with E-state index in [1.54, 1.807) is 6.92 Å². The molecule has 0 aromatic rings. The fraction of sp³-hybridized carbons (Fsp3) is 1.00. The van der Waals surface area contributed by atoms with Crippen LogP contribution in [0.25, 0.3) is 0 Å². The summed E-state index contributed by atoms with van der Waals surface area (Å²) in [7, 11) is 0. The van der Waals surface area contributed by atoms with Crippen LogP contribution in [-0.2, 0) is 3.10 Å². The van der Waals surface area contributed by atoms with E-state index >= 15 is 0 Å². The van der Waals surface area contributed by atoms with Crippen LogP contribution in [0.15, 0.2) is 0 Å². The van der Waals surface area contributed by atoms with Crippen molar-refractivity contribution in [1.29, 1.82) is 0 Å². The fourth-order valence-electron chi connectivity index (χ4n) is 0.540. The van der Waals surface area contributed by atoms with E-state index in [0.29, 0.717) is 0 Å². The second kappa shape index (κ2) is 8.80. The minimum absolute atomic E-state index is 0.183. The van der Waals surface area contributed by atoms with Crippen LogP contribution in [0.4, 0.5) is 0 Å². The molecule has 0 fully saturated rings. The Hall–Kier alpha value is 0.710. The van der Waals surface area contributed by atoms with Gasteiger partial charge in [-0.15, -0.1) is 0 Å². The van der Waals surface area contributed by atoms with Gasteiger partial charge in [-0.25, -0.2) is 0 Å². The second-order valence-corrected chi connectivity index (χ2v) is 5.15. The second-order valence-electron chi connectivity index (χ2n) is 2.64. The van der Waals surface area contributed by atoms with Crippen molar-refractivity contribution in [3.05, 3.63) is 0 Å². The van der Waals surface area contributed by atoms with Gasteiger partial charge >= 0.3 is 79.8 Å². The van der Waals surface area contributed by atoms with E-state index in [4.69, 9.17) is 8.21 Å². The van der Waals surface area contributed by atoms with Gasteiger partial charge in [0, 0.05) is 0 Å². The SMILES string of the molecule is CCCC[Te]OCC[C@H](C)O. The zero-order valence-corrected chi connectivity index (χ0v) is 9.71. The van der Waals surface area contributed by atoms with Crippen LogP contribution in [0.3, 0.4) is 0 Å². The third-order valence-corrected chi connectivity index (χ3v) is 3.53. The van der Waals surface area contributed by atoms with Crippen LogP contribution in [-0.4, -0.2) is 39.2 Å². The van der Waals surface area contributed by atoms with Crippen molar-refractivity contribution in [1.82, 2.24) is 0 Å². The van der Waals surface area contributed by atoms with Crippen LogP contribution in [0, 0.1) is 0 Å². The van der Waals surface area contributed by atoms with Gasteiger partial charge in [0.1, 0.15) is 0 Å². The van der Waals surface area contributed by atoms with E-state index in [-0.39, 0.29) is 27.4 Å². The molecule has 0 heterocycles. The maximum absolute atomic E-state index is 8.89. The molecule has 2 nitrogen and oxygen atoms in total. The van der Waals surface area contributed by atoms with Gasteiger partial charge in [-0.05, 0) is 0 Å². The van der Waals surface area contributed by atoms with Gasteiger partial charge in [-0.3, -0.25) is 0 Å². The van der Waals surface area contributed by atoms with Gasteiger partial charge in [0.2, 0.25) is 0 Å². The maximum atomic E-state index is 8.89. The molecule has 11 heavy (non-hydrogen) atoms. The van der Waals surface area contributed by atoms with E-state index in [9.17, 15) is 0 Å².